The molecule has 3 atom stereocenters. The fourth-order valence-electron chi connectivity index (χ4n) is 5.27. The molecular weight excluding hydrogens is 474 g/mol. The second kappa shape index (κ2) is 9.03. The second-order valence-electron chi connectivity index (χ2n) is 9.91. The van der Waals surface area contributed by atoms with Crippen molar-refractivity contribution < 1.29 is 14.4 Å². The molecule has 0 radical (unpaired) electrons. The van der Waals surface area contributed by atoms with Gasteiger partial charge in [-0.25, -0.2) is 11.6 Å². The monoisotopic (exact) mass is 501 g/mol. The molecule has 184 valence electrons. The number of thiazole rings is 1. The van der Waals surface area contributed by atoms with Gasteiger partial charge in [-0.3, -0.25) is 24.1 Å². The average Bonchev–Trinajstić information content (AvgIpc) is 3.55. The molecular formula is C27H27N5O3S. The van der Waals surface area contributed by atoms with E-state index in [1.165, 1.54) is 21.1 Å². The first-order chi connectivity index (χ1) is 17.2. The minimum atomic E-state index is -0.959. The third-order valence-corrected chi connectivity index (χ3v) is 8.16. The van der Waals surface area contributed by atoms with Gasteiger partial charge in [-0.15, -0.1) is 11.3 Å². The van der Waals surface area contributed by atoms with E-state index in [1.807, 2.05) is 62.4 Å². The number of carbonyl (C=O) groups is 3. The normalized spacial score (nSPS) is 21.5. The lowest BCUT2D eigenvalue weighted by Gasteiger charge is -2.31. The highest BCUT2D eigenvalue weighted by atomic mass is 32.1. The van der Waals surface area contributed by atoms with Gasteiger partial charge in [0.25, 0.3) is 11.8 Å². The molecule has 1 N–H and O–H groups in total. The van der Waals surface area contributed by atoms with E-state index in [0.717, 1.165) is 21.5 Å². The Hall–Kier alpha value is -3.77. The predicted octanol–water partition coefficient (Wildman–Crippen LogP) is 4.15. The first kappa shape index (κ1) is 23.9. The maximum atomic E-state index is 14.0. The molecule has 1 spiro atoms. The summed E-state index contributed by atoms with van der Waals surface area (Å²) < 4.78 is 0.904. The van der Waals surface area contributed by atoms with Crippen LogP contribution in [0.15, 0.2) is 48.5 Å². The average molecular weight is 502 g/mol. The third kappa shape index (κ3) is 3.82. The van der Waals surface area contributed by atoms with Gasteiger partial charge in [0.1, 0.15) is 11.5 Å². The van der Waals surface area contributed by atoms with Gasteiger partial charge in [-0.2, -0.15) is 0 Å². The number of hydrogen-bond donors (Lipinski definition) is 1. The molecule has 0 saturated carbocycles. The first-order valence-corrected chi connectivity index (χ1v) is 12.8. The molecule has 2 aliphatic rings. The smallest absolute Gasteiger partial charge is 0.302 e. The fourth-order valence-corrected chi connectivity index (χ4v) is 6.22. The minimum Gasteiger partial charge on any atom is -0.328 e. The molecule has 0 bridgehead atoms. The van der Waals surface area contributed by atoms with Crippen molar-refractivity contribution in [3.8, 4) is 0 Å². The largest absolute Gasteiger partial charge is 0.328 e. The summed E-state index contributed by atoms with van der Waals surface area (Å²) in [5, 5.41) is 3.24. The number of amides is 3. The lowest BCUT2D eigenvalue weighted by atomic mass is 9.80. The van der Waals surface area contributed by atoms with E-state index >= 15 is 0 Å². The van der Waals surface area contributed by atoms with Crippen LogP contribution in [0.3, 0.4) is 0 Å². The molecule has 1 aromatic heterocycles. The van der Waals surface area contributed by atoms with Crippen LogP contribution in [0.4, 0.5) is 5.69 Å². The number of fused-ring (bicyclic) bond motifs is 3. The Kier molecular flexibility index (Phi) is 6.00. The van der Waals surface area contributed by atoms with Gasteiger partial charge >= 0.3 is 6.17 Å². The van der Waals surface area contributed by atoms with Crippen LogP contribution in [0.1, 0.15) is 42.1 Å². The second-order valence-corrected chi connectivity index (χ2v) is 10.9. The van der Waals surface area contributed by atoms with Gasteiger partial charge in [-0.05, 0) is 36.1 Å². The number of benzene rings is 2. The van der Waals surface area contributed by atoms with Crippen LogP contribution in [-0.2, 0) is 15.0 Å². The lowest BCUT2D eigenvalue weighted by molar-refractivity contribution is -0.136. The molecule has 5 rings (SSSR count). The summed E-state index contributed by atoms with van der Waals surface area (Å²) in [6, 6.07) is 14.2. The Bertz CT molecular complexity index is 1380. The van der Waals surface area contributed by atoms with Crippen LogP contribution < -0.4 is 5.32 Å². The van der Waals surface area contributed by atoms with Crippen LogP contribution in [-0.4, -0.2) is 58.3 Å². The first-order valence-electron chi connectivity index (χ1n) is 12.0. The number of nitrogens with zero attached hydrogens (tertiary/aromatic N) is 4. The lowest BCUT2D eigenvalue weighted by Crippen LogP contribution is -2.51. The SMILES string of the molecule is [C-]#[N+][C@@H]1C[C@@]2(CN1C(=O)[C@H](CC(C)C)N(C)C(=O)c1nc3ccccc3s1)C(=O)Nc1ccccc12. The molecule has 2 aliphatic heterocycles. The number of likely N-dealkylation sites (tertiary alicyclic amines) is 1. The Morgan fingerprint density at radius 2 is 1.97 bits per heavy atom. The van der Waals surface area contributed by atoms with Gasteiger partial charge in [-0.1, -0.05) is 44.2 Å². The summed E-state index contributed by atoms with van der Waals surface area (Å²) in [6.07, 6.45) is -0.118. The van der Waals surface area contributed by atoms with Crippen molar-refractivity contribution in [2.45, 2.75) is 44.3 Å². The summed E-state index contributed by atoms with van der Waals surface area (Å²) in [7, 11) is 1.62. The molecule has 3 heterocycles. The topological polar surface area (TPSA) is 87.0 Å². The maximum Gasteiger partial charge on any atom is 0.302 e. The van der Waals surface area contributed by atoms with Crippen molar-refractivity contribution in [1.82, 2.24) is 14.8 Å². The van der Waals surface area contributed by atoms with Crippen molar-refractivity contribution in [1.29, 1.82) is 0 Å². The van der Waals surface area contributed by atoms with Gasteiger partial charge < -0.3 is 10.2 Å². The zero-order valence-corrected chi connectivity index (χ0v) is 21.2. The van der Waals surface area contributed by atoms with Gasteiger partial charge in [0.05, 0.1) is 16.6 Å². The van der Waals surface area contributed by atoms with Crippen molar-refractivity contribution in [2.75, 3.05) is 18.9 Å². The summed E-state index contributed by atoms with van der Waals surface area (Å²) >= 11 is 1.30. The highest BCUT2D eigenvalue weighted by Gasteiger charge is 2.59. The van der Waals surface area contributed by atoms with Gasteiger partial charge in [0.15, 0.2) is 5.01 Å². The number of carbonyl (C=O) groups excluding carboxylic acids is 3. The molecule has 9 heteroatoms. The van der Waals surface area contributed by atoms with Crippen LogP contribution in [0.2, 0.25) is 0 Å². The minimum absolute atomic E-state index is 0.111. The van der Waals surface area contributed by atoms with Crippen molar-refractivity contribution >= 4 is 45.0 Å². The zero-order valence-electron chi connectivity index (χ0n) is 20.4. The van der Waals surface area contributed by atoms with Gasteiger partial charge in [0, 0.05) is 19.3 Å². The molecule has 0 unspecified atom stereocenters. The van der Waals surface area contributed by atoms with Crippen molar-refractivity contribution in [3.63, 3.8) is 0 Å². The quantitative estimate of drug-likeness (QED) is 0.532. The predicted molar refractivity (Wildman–Crippen MR) is 138 cm³/mol. The molecule has 3 aromatic rings. The van der Waals surface area contributed by atoms with Crippen LogP contribution in [0.5, 0.6) is 0 Å². The van der Waals surface area contributed by atoms with Crippen LogP contribution in [0.25, 0.3) is 15.1 Å². The Balaban J connectivity index is 1.46. The number of likely N-dealkylation sites (N-methyl/N-ethyl adjacent to an activating group) is 1. The highest BCUT2D eigenvalue weighted by molar-refractivity contribution is 7.20. The summed E-state index contributed by atoms with van der Waals surface area (Å²) in [4.78, 5) is 51.7. The molecule has 8 nitrogen and oxygen atoms in total. The molecule has 3 amide bonds. The maximum absolute atomic E-state index is 14.0. The van der Waals surface area contributed by atoms with Crippen molar-refractivity contribution in [3.05, 3.63) is 70.5 Å². The molecule has 1 saturated heterocycles. The Morgan fingerprint density at radius 1 is 1.25 bits per heavy atom. The summed E-state index contributed by atoms with van der Waals surface area (Å²) in [5.74, 6) is -0.696. The number of para-hydroxylation sites is 2. The van der Waals surface area contributed by atoms with E-state index in [2.05, 4.69) is 15.1 Å². The van der Waals surface area contributed by atoms with Crippen LogP contribution >= 0.6 is 11.3 Å². The molecule has 1 fully saturated rings. The Labute approximate surface area is 213 Å². The summed E-state index contributed by atoms with van der Waals surface area (Å²) in [6.45, 7) is 11.9. The van der Waals surface area contributed by atoms with Gasteiger partial charge in [0.2, 0.25) is 5.91 Å². The number of rotatable bonds is 5. The number of hydrogen-bond acceptors (Lipinski definition) is 5. The molecule has 0 aliphatic carbocycles. The number of aromatic nitrogens is 1. The molecule has 36 heavy (non-hydrogen) atoms. The fraction of sp³-hybridized carbons (Fsp3) is 0.370. The Morgan fingerprint density at radius 3 is 2.69 bits per heavy atom. The standard InChI is InChI=1S/C27H27N5O3S/c1-16(2)13-20(31(4)25(34)23-29-19-11-7-8-12-21(19)36-23)24(33)32-15-27(14-22(32)28-3)17-9-5-6-10-18(17)30-26(27)35/h5-12,16,20,22H,13-15H2,1-2,4H3,(H,30,35)/t20-,22-,27-/m0/s1. The van der Waals surface area contributed by atoms with Crippen molar-refractivity contribution in [2.24, 2.45) is 5.92 Å². The van der Waals surface area contributed by atoms with E-state index in [4.69, 9.17) is 6.57 Å². The van der Waals surface area contributed by atoms with E-state index < -0.39 is 17.6 Å². The van der Waals surface area contributed by atoms with E-state index in [0.29, 0.717) is 11.4 Å². The zero-order chi connectivity index (χ0) is 25.6. The van der Waals surface area contributed by atoms with E-state index in [-0.39, 0.29) is 36.6 Å². The molecule has 2 aromatic carbocycles. The van der Waals surface area contributed by atoms with E-state index in [1.54, 1.807) is 7.05 Å². The third-order valence-electron chi connectivity index (χ3n) is 7.13. The van der Waals surface area contributed by atoms with Crippen LogP contribution in [0, 0.1) is 12.5 Å². The number of anilines is 1. The van der Waals surface area contributed by atoms with E-state index in [9.17, 15) is 14.4 Å². The highest BCUT2D eigenvalue weighted by Crippen LogP contribution is 2.47. The summed E-state index contributed by atoms with van der Waals surface area (Å²) in [5.41, 5.74) is 1.33. The number of nitrogens with one attached hydrogen (secondary N) is 1.